The lowest BCUT2D eigenvalue weighted by atomic mass is 10.1. The number of hydrogen-bond acceptors (Lipinski definition) is 4. The summed E-state index contributed by atoms with van der Waals surface area (Å²) in [6, 6.07) is 19.5. The third-order valence-electron chi connectivity index (χ3n) is 6.08. The van der Waals surface area contributed by atoms with Crippen molar-refractivity contribution in [2.24, 2.45) is 0 Å². The molecule has 0 saturated carbocycles. The number of carbonyl (C=O) groups excluding carboxylic acids is 2. The van der Waals surface area contributed by atoms with Gasteiger partial charge in [0.05, 0.1) is 6.54 Å². The molecule has 2 saturated heterocycles. The van der Waals surface area contributed by atoms with Crippen molar-refractivity contribution in [3.8, 4) is 0 Å². The molecule has 4 rings (SSSR count). The third kappa shape index (κ3) is 4.19. The van der Waals surface area contributed by atoms with Gasteiger partial charge < -0.3 is 4.74 Å². The van der Waals surface area contributed by atoms with Gasteiger partial charge in [-0.2, -0.15) is 0 Å². The van der Waals surface area contributed by atoms with Crippen LogP contribution in [-0.2, 0) is 22.7 Å². The van der Waals surface area contributed by atoms with E-state index in [2.05, 4.69) is 18.9 Å². The largest absolute Gasteiger partial charge is 0.445 e. The molecule has 6 nitrogen and oxygen atoms in total. The van der Waals surface area contributed by atoms with Crippen LogP contribution >= 0.6 is 0 Å². The van der Waals surface area contributed by atoms with Crippen molar-refractivity contribution < 1.29 is 14.3 Å². The van der Waals surface area contributed by atoms with Crippen LogP contribution in [0.3, 0.4) is 0 Å². The molecule has 2 aliphatic rings. The number of carbonyl (C=O) groups is 2. The summed E-state index contributed by atoms with van der Waals surface area (Å²) in [6.45, 7) is 5.36. The minimum atomic E-state index is -0.492. The van der Waals surface area contributed by atoms with Gasteiger partial charge >= 0.3 is 6.09 Å². The van der Waals surface area contributed by atoms with E-state index in [9.17, 15) is 9.59 Å². The van der Waals surface area contributed by atoms with Gasteiger partial charge in [-0.1, -0.05) is 60.7 Å². The predicted molar refractivity (Wildman–Crippen MR) is 114 cm³/mol. The maximum Gasteiger partial charge on any atom is 0.411 e. The first-order valence-electron chi connectivity index (χ1n) is 10.7. The van der Waals surface area contributed by atoms with Crippen LogP contribution < -0.4 is 0 Å². The van der Waals surface area contributed by atoms with Crippen molar-refractivity contribution in [1.82, 2.24) is 14.9 Å². The highest BCUT2D eigenvalue weighted by atomic mass is 16.6. The maximum absolute atomic E-state index is 13.1. The molecule has 0 bridgehead atoms. The summed E-state index contributed by atoms with van der Waals surface area (Å²) >= 11 is 0. The van der Waals surface area contributed by atoms with Gasteiger partial charge in [0.25, 0.3) is 5.91 Å². The Morgan fingerprint density at radius 3 is 2.10 bits per heavy atom. The van der Waals surface area contributed by atoms with Gasteiger partial charge in [-0.05, 0) is 37.8 Å². The summed E-state index contributed by atoms with van der Waals surface area (Å²) in [6.07, 6.45) is 1.72. The molecule has 0 spiro atoms. The lowest BCUT2D eigenvalue weighted by Crippen LogP contribution is -2.70. The minimum absolute atomic E-state index is 0.0248. The Bertz CT molecular complexity index is 864. The molecular weight excluding hydrogens is 378 g/mol. The Kier molecular flexibility index (Phi) is 6.04. The molecule has 2 aromatic carbocycles. The fourth-order valence-corrected chi connectivity index (χ4v) is 4.37. The summed E-state index contributed by atoms with van der Waals surface area (Å²) in [7, 11) is 0. The molecule has 3 atom stereocenters. The van der Waals surface area contributed by atoms with E-state index in [0.717, 1.165) is 24.0 Å². The van der Waals surface area contributed by atoms with Crippen LogP contribution in [0, 0.1) is 0 Å². The van der Waals surface area contributed by atoms with Gasteiger partial charge in [0.15, 0.2) is 0 Å². The normalized spacial score (nSPS) is 23.9. The Hall–Kier alpha value is -2.86. The Balaban J connectivity index is 1.46. The maximum atomic E-state index is 13.1. The number of hydrazine groups is 1. The molecular formula is C24H29N3O3. The Morgan fingerprint density at radius 2 is 1.53 bits per heavy atom. The number of rotatable bonds is 6. The molecule has 0 aromatic heterocycles. The summed E-state index contributed by atoms with van der Waals surface area (Å²) in [5.41, 5.74) is 1.90. The summed E-state index contributed by atoms with van der Waals surface area (Å²) in [5, 5.41) is 3.99. The van der Waals surface area contributed by atoms with Gasteiger partial charge in [-0.15, -0.1) is 0 Å². The molecule has 2 aromatic rings. The van der Waals surface area contributed by atoms with Crippen LogP contribution in [0.4, 0.5) is 4.79 Å². The van der Waals surface area contributed by atoms with Crippen molar-refractivity contribution in [3.63, 3.8) is 0 Å². The third-order valence-corrected chi connectivity index (χ3v) is 6.08. The number of nitrogens with zero attached hydrogens (tertiary/aromatic N) is 3. The van der Waals surface area contributed by atoms with Crippen molar-refractivity contribution in [3.05, 3.63) is 71.8 Å². The minimum Gasteiger partial charge on any atom is -0.445 e. The van der Waals surface area contributed by atoms with Gasteiger partial charge in [0.2, 0.25) is 0 Å². The van der Waals surface area contributed by atoms with Crippen molar-refractivity contribution in [2.45, 2.75) is 58.0 Å². The molecule has 0 unspecified atom stereocenters. The van der Waals surface area contributed by atoms with Gasteiger partial charge in [-0.25, -0.2) is 9.80 Å². The fourth-order valence-electron chi connectivity index (χ4n) is 4.37. The molecule has 6 heteroatoms. The lowest BCUT2D eigenvalue weighted by Gasteiger charge is -2.50. The van der Waals surface area contributed by atoms with Crippen LogP contribution in [0.1, 0.15) is 37.8 Å². The summed E-state index contributed by atoms with van der Waals surface area (Å²) < 4.78 is 5.57. The van der Waals surface area contributed by atoms with E-state index < -0.39 is 12.1 Å². The number of benzene rings is 2. The molecule has 30 heavy (non-hydrogen) atoms. The monoisotopic (exact) mass is 407 g/mol. The molecule has 2 amide bonds. The topological polar surface area (TPSA) is 53.1 Å². The first kappa shape index (κ1) is 20.4. The zero-order valence-electron chi connectivity index (χ0n) is 17.6. The average molecular weight is 408 g/mol. The van der Waals surface area contributed by atoms with Crippen LogP contribution in [0.15, 0.2) is 60.7 Å². The molecule has 2 heterocycles. The lowest BCUT2D eigenvalue weighted by molar-refractivity contribution is -0.183. The van der Waals surface area contributed by atoms with E-state index in [4.69, 9.17) is 4.74 Å². The van der Waals surface area contributed by atoms with Crippen LogP contribution in [0.2, 0.25) is 0 Å². The van der Waals surface area contributed by atoms with Crippen LogP contribution in [0.5, 0.6) is 0 Å². The zero-order chi connectivity index (χ0) is 21.1. The Morgan fingerprint density at radius 1 is 0.967 bits per heavy atom. The first-order valence-corrected chi connectivity index (χ1v) is 10.7. The van der Waals surface area contributed by atoms with Gasteiger partial charge in [0.1, 0.15) is 12.6 Å². The SMILES string of the molecule is C[C@@H]1CC[C@@H](C)N1N1C[C@@H](N(Cc2ccccc2)C(=O)OCc2ccccc2)C1=O. The van der Waals surface area contributed by atoms with E-state index in [-0.39, 0.29) is 12.5 Å². The number of hydrogen-bond donors (Lipinski definition) is 0. The van der Waals surface area contributed by atoms with Crippen molar-refractivity contribution in [2.75, 3.05) is 6.54 Å². The highest BCUT2D eigenvalue weighted by molar-refractivity contribution is 5.90. The second-order valence-corrected chi connectivity index (χ2v) is 8.25. The number of β-lactam (4-membered cyclic amide) rings is 1. The van der Waals surface area contributed by atoms with E-state index in [0.29, 0.717) is 25.2 Å². The first-order chi connectivity index (χ1) is 14.5. The highest BCUT2D eigenvalue weighted by Crippen LogP contribution is 2.31. The quantitative estimate of drug-likeness (QED) is 0.683. The fraction of sp³-hybridized carbons (Fsp3) is 0.417. The van der Waals surface area contributed by atoms with E-state index in [1.165, 1.54) is 0 Å². The zero-order valence-corrected chi connectivity index (χ0v) is 17.6. The van der Waals surface area contributed by atoms with Crippen molar-refractivity contribution >= 4 is 12.0 Å². The highest BCUT2D eigenvalue weighted by Gasteiger charge is 2.49. The van der Waals surface area contributed by atoms with Gasteiger partial charge in [0, 0.05) is 18.6 Å². The molecule has 2 aliphatic heterocycles. The summed E-state index contributed by atoms with van der Waals surface area (Å²) in [4.78, 5) is 27.6. The average Bonchev–Trinajstić information content (AvgIpc) is 3.10. The molecule has 0 radical (unpaired) electrons. The molecule has 158 valence electrons. The van der Waals surface area contributed by atoms with E-state index in [1.54, 1.807) is 4.90 Å². The Labute approximate surface area is 178 Å². The second-order valence-electron chi connectivity index (χ2n) is 8.25. The van der Waals surface area contributed by atoms with Crippen molar-refractivity contribution in [1.29, 1.82) is 0 Å². The van der Waals surface area contributed by atoms with Crippen LogP contribution in [-0.4, -0.2) is 51.6 Å². The standard InChI is InChI=1S/C24H29N3O3/c1-18-13-14-19(2)27(18)26-16-22(23(26)28)25(15-20-9-5-3-6-10-20)24(29)30-17-21-11-7-4-8-12-21/h3-12,18-19,22H,13-17H2,1-2H3/t18-,19-,22-/m1/s1. The van der Waals surface area contributed by atoms with Gasteiger partial charge in [-0.3, -0.25) is 14.7 Å². The predicted octanol–water partition coefficient (Wildman–Crippen LogP) is 3.82. The molecule has 0 N–H and O–H groups in total. The number of amides is 2. The smallest absolute Gasteiger partial charge is 0.411 e. The van der Waals surface area contributed by atoms with Crippen LogP contribution in [0.25, 0.3) is 0 Å². The molecule has 0 aliphatic carbocycles. The summed E-state index contributed by atoms with van der Waals surface area (Å²) in [5.74, 6) is -0.0248. The number of ether oxygens (including phenoxy) is 1. The van der Waals surface area contributed by atoms with E-state index >= 15 is 0 Å². The second kappa shape index (κ2) is 8.88. The van der Waals surface area contributed by atoms with E-state index in [1.807, 2.05) is 65.7 Å². The molecule has 2 fully saturated rings.